The van der Waals surface area contributed by atoms with Crippen molar-refractivity contribution in [2.45, 2.75) is 33.6 Å². The molecule has 1 aliphatic carbocycles. The van der Waals surface area contributed by atoms with Crippen LogP contribution in [0, 0.1) is 17.8 Å². The molecule has 2 unspecified atom stereocenters. The first-order valence-corrected chi connectivity index (χ1v) is 7.55. The zero-order valence-electron chi connectivity index (χ0n) is 11.6. The number of carbonyl (C=O) groups is 2. The number of hydrogen-bond acceptors (Lipinski definition) is 2. The molecule has 0 spiro atoms. The van der Waals surface area contributed by atoms with Crippen molar-refractivity contribution in [3.63, 3.8) is 0 Å². The molecular formula is C16H19BrO2. The molecule has 102 valence electrons. The SMILES string of the molecule is CC(C)C(=O)C(C)CC1Cc2ccc(Br)cc2C1=O. The van der Waals surface area contributed by atoms with Gasteiger partial charge in [-0.2, -0.15) is 0 Å². The monoisotopic (exact) mass is 322 g/mol. The summed E-state index contributed by atoms with van der Waals surface area (Å²) in [5.41, 5.74) is 1.94. The molecule has 0 amide bonds. The second-order valence-corrected chi connectivity index (χ2v) is 6.68. The number of halogens is 1. The van der Waals surface area contributed by atoms with Crippen molar-refractivity contribution in [2.75, 3.05) is 0 Å². The maximum absolute atomic E-state index is 12.3. The second-order valence-electron chi connectivity index (χ2n) is 5.76. The van der Waals surface area contributed by atoms with E-state index in [2.05, 4.69) is 15.9 Å². The Morgan fingerprint density at radius 2 is 2.05 bits per heavy atom. The van der Waals surface area contributed by atoms with E-state index in [1.165, 1.54) is 0 Å². The molecule has 0 radical (unpaired) electrons. The van der Waals surface area contributed by atoms with E-state index in [1.54, 1.807) is 0 Å². The summed E-state index contributed by atoms with van der Waals surface area (Å²) in [5.74, 6) is 0.432. The second kappa shape index (κ2) is 5.58. The Balaban J connectivity index is 2.10. The number of Topliss-reactive ketones (excluding diaryl/α,β-unsaturated/α-hetero) is 2. The molecule has 0 aromatic heterocycles. The van der Waals surface area contributed by atoms with Crippen molar-refractivity contribution in [1.82, 2.24) is 0 Å². The van der Waals surface area contributed by atoms with E-state index in [9.17, 15) is 9.59 Å². The molecule has 2 rings (SSSR count). The highest BCUT2D eigenvalue weighted by Crippen LogP contribution is 2.33. The van der Waals surface area contributed by atoms with Crippen LogP contribution in [0.15, 0.2) is 22.7 Å². The minimum Gasteiger partial charge on any atom is -0.299 e. The Kier molecular flexibility index (Phi) is 4.24. The van der Waals surface area contributed by atoms with Crippen molar-refractivity contribution in [1.29, 1.82) is 0 Å². The Bertz CT molecular complexity index is 519. The Morgan fingerprint density at radius 1 is 1.37 bits per heavy atom. The molecular weight excluding hydrogens is 304 g/mol. The van der Waals surface area contributed by atoms with Gasteiger partial charge in [-0.25, -0.2) is 0 Å². The van der Waals surface area contributed by atoms with Crippen LogP contribution in [-0.4, -0.2) is 11.6 Å². The molecule has 0 fully saturated rings. The lowest BCUT2D eigenvalue weighted by atomic mass is 9.86. The lowest BCUT2D eigenvalue weighted by molar-refractivity contribution is -0.125. The van der Waals surface area contributed by atoms with Gasteiger partial charge in [0.1, 0.15) is 5.78 Å². The van der Waals surface area contributed by atoms with Gasteiger partial charge < -0.3 is 0 Å². The summed E-state index contributed by atoms with van der Waals surface area (Å²) in [4.78, 5) is 24.3. The maximum Gasteiger partial charge on any atom is 0.166 e. The topological polar surface area (TPSA) is 34.1 Å². The predicted molar refractivity (Wildman–Crippen MR) is 79.3 cm³/mol. The fourth-order valence-corrected chi connectivity index (χ4v) is 3.20. The van der Waals surface area contributed by atoms with Crippen molar-refractivity contribution in [2.24, 2.45) is 17.8 Å². The molecule has 2 atom stereocenters. The van der Waals surface area contributed by atoms with Crippen molar-refractivity contribution in [3.8, 4) is 0 Å². The first-order valence-electron chi connectivity index (χ1n) is 6.76. The van der Waals surface area contributed by atoms with E-state index in [0.717, 1.165) is 22.0 Å². The van der Waals surface area contributed by atoms with Crippen molar-refractivity contribution < 1.29 is 9.59 Å². The number of hydrogen-bond donors (Lipinski definition) is 0. The molecule has 0 heterocycles. The summed E-state index contributed by atoms with van der Waals surface area (Å²) in [6.45, 7) is 5.77. The summed E-state index contributed by atoms with van der Waals surface area (Å²) < 4.78 is 0.937. The average molecular weight is 323 g/mol. The van der Waals surface area contributed by atoms with Crippen LogP contribution in [0.4, 0.5) is 0 Å². The average Bonchev–Trinajstić information content (AvgIpc) is 2.65. The molecule has 0 N–H and O–H groups in total. The first-order chi connectivity index (χ1) is 8.90. The van der Waals surface area contributed by atoms with Gasteiger partial charge in [0.25, 0.3) is 0 Å². The largest absolute Gasteiger partial charge is 0.299 e. The lowest BCUT2D eigenvalue weighted by Gasteiger charge is -2.16. The fourth-order valence-electron chi connectivity index (χ4n) is 2.84. The van der Waals surface area contributed by atoms with Gasteiger partial charge in [0, 0.05) is 27.8 Å². The van der Waals surface area contributed by atoms with Crippen molar-refractivity contribution in [3.05, 3.63) is 33.8 Å². The quantitative estimate of drug-likeness (QED) is 0.837. The Morgan fingerprint density at radius 3 is 2.68 bits per heavy atom. The van der Waals surface area contributed by atoms with Gasteiger partial charge in [0.15, 0.2) is 5.78 Å². The summed E-state index contributed by atoms with van der Waals surface area (Å²) >= 11 is 3.40. The van der Waals surface area contributed by atoms with Crippen molar-refractivity contribution >= 4 is 27.5 Å². The van der Waals surface area contributed by atoms with Gasteiger partial charge in [-0.3, -0.25) is 9.59 Å². The summed E-state index contributed by atoms with van der Waals surface area (Å²) in [5, 5.41) is 0. The molecule has 1 aromatic rings. The smallest absolute Gasteiger partial charge is 0.166 e. The maximum atomic E-state index is 12.3. The molecule has 1 aromatic carbocycles. The molecule has 1 aliphatic rings. The highest BCUT2D eigenvalue weighted by Gasteiger charge is 2.33. The zero-order chi connectivity index (χ0) is 14.2. The van der Waals surface area contributed by atoms with Gasteiger partial charge in [-0.15, -0.1) is 0 Å². The third-order valence-electron chi connectivity index (χ3n) is 3.87. The first kappa shape index (κ1) is 14.4. The van der Waals surface area contributed by atoms with E-state index in [0.29, 0.717) is 6.42 Å². The summed E-state index contributed by atoms with van der Waals surface area (Å²) in [6.07, 6.45) is 1.44. The highest BCUT2D eigenvalue weighted by molar-refractivity contribution is 9.10. The Labute approximate surface area is 122 Å². The van der Waals surface area contributed by atoms with Gasteiger partial charge >= 0.3 is 0 Å². The number of ketones is 2. The van der Waals surface area contributed by atoms with Crippen LogP contribution in [0.5, 0.6) is 0 Å². The van der Waals surface area contributed by atoms with Gasteiger partial charge in [0.05, 0.1) is 0 Å². The molecule has 0 saturated heterocycles. The minimum absolute atomic E-state index is 0.0259. The molecule has 19 heavy (non-hydrogen) atoms. The van der Waals surface area contributed by atoms with Crippen LogP contribution in [0.3, 0.4) is 0 Å². The van der Waals surface area contributed by atoms with Crippen LogP contribution >= 0.6 is 15.9 Å². The van der Waals surface area contributed by atoms with Gasteiger partial charge in [-0.1, -0.05) is 42.8 Å². The third kappa shape index (κ3) is 2.97. The third-order valence-corrected chi connectivity index (χ3v) is 4.36. The van der Waals surface area contributed by atoms with E-state index in [1.807, 2.05) is 39.0 Å². The number of carbonyl (C=O) groups excluding carboxylic acids is 2. The molecule has 0 bridgehead atoms. The van der Waals surface area contributed by atoms with Crippen LogP contribution in [-0.2, 0) is 11.2 Å². The van der Waals surface area contributed by atoms with E-state index < -0.39 is 0 Å². The number of fused-ring (bicyclic) bond motifs is 1. The van der Waals surface area contributed by atoms with E-state index in [4.69, 9.17) is 0 Å². The van der Waals surface area contributed by atoms with Gasteiger partial charge in [0.2, 0.25) is 0 Å². The van der Waals surface area contributed by atoms with E-state index >= 15 is 0 Å². The Hall–Kier alpha value is -0.960. The zero-order valence-corrected chi connectivity index (χ0v) is 13.2. The van der Waals surface area contributed by atoms with Crippen LogP contribution < -0.4 is 0 Å². The molecule has 3 heteroatoms. The fraction of sp³-hybridized carbons (Fsp3) is 0.500. The standard InChI is InChI=1S/C16H19BrO2/c1-9(2)15(18)10(3)6-12-7-11-4-5-13(17)8-14(11)16(12)19/h4-5,8-10,12H,6-7H2,1-3H3. The van der Waals surface area contributed by atoms with E-state index in [-0.39, 0.29) is 29.3 Å². The lowest BCUT2D eigenvalue weighted by Crippen LogP contribution is -2.22. The highest BCUT2D eigenvalue weighted by atomic mass is 79.9. The van der Waals surface area contributed by atoms with Crippen LogP contribution in [0.2, 0.25) is 0 Å². The van der Waals surface area contributed by atoms with Crippen LogP contribution in [0.1, 0.15) is 43.1 Å². The van der Waals surface area contributed by atoms with Crippen LogP contribution in [0.25, 0.3) is 0 Å². The number of benzene rings is 1. The normalized spacial score (nSPS) is 19.6. The molecule has 2 nitrogen and oxygen atoms in total. The predicted octanol–water partition coefficient (Wildman–Crippen LogP) is 4.06. The minimum atomic E-state index is -0.0355. The summed E-state index contributed by atoms with van der Waals surface area (Å²) in [6, 6.07) is 5.87. The molecule has 0 aliphatic heterocycles. The van der Waals surface area contributed by atoms with Gasteiger partial charge in [-0.05, 0) is 30.5 Å². The molecule has 0 saturated carbocycles. The summed E-state index contributed by atoms with van der Waals surface area (Å²) in [7, 11) is 0. The number of rotatable bonds is 4.